The van der Waals surface area contributed by atoms with Crippen molar-refractivity contribution in [2.45, 2.75) is 12.6 Å². The van der Waals surface area contributed by atoms with E-state index in [9.17, 15) is 24.8 Å². The molecule has 3 heterocycles. The third-order valence-corrected chi connectivity index (χ3v) is 5.31. The number of allylic oxidation sites excluding steroid dienone is 1. The Labute approximate surface area is 208 Å². The van der Waals surface area contributed by atoms with Crippen molar-refractivity contribution in [3.05, 3.63) is 85.3 Å². The van der Waals surface area contributed by atoms with Gasteiger partial charge in [0.15, 0.2) is 11.2 Å². The van der Waals surface area contributed by atoms with E-state index in [0.29, 0.717) is 5.75 Å². The summed E-state index contributed by atoms with van der Waals surface area (Å²) in [6, 6.07) is 11.6. The molecule has 0 aliphatic rings. The van der Waals surface area contributed by atoms with Crippen molar-refractivity contribution in [3.8, 4) is 5.75 Å². The first-order valence-electron chi connectivity index (χ1n) is 11.0. The lowest BCUT2D eigenvalue weighted by atomic mass is 10.3. The number of fused-ring (bicyclic) bond motifs is 1. The number of hydrazone groups is 1. The van der Waals surface area contributed by atoms with Gasteiger partial charge in [0.2, 0.25) is 5.95 Å². The molecule has 0 saturated carbocycles. The van der Waals surface area contributed by atoms with Crippen LogP contribution in [0.2, 0.25) is 0 Å². The van der Waals surface area contributed by atoms with Crippen LogP contribution in [0.5, 0.6) is 5.75 Å². The minimum Gasteiger partial charge on any atom is -0.491 e. The molecule has 0 aliphatic heterocycles. The number of aryl methyl sites for hydroxylation is 1. The second kappa shape index (κ2) is 10.7. The molecule has 14 heteroatoms. The fourth-order valence-electron chi connectivity index (χ4n) is 3.49. The van der Waals surface area contributed by atoms with E-state index in [1.807, 2.05) is 6.07 Å². The van der Waals surface area contributed by atoms with E-state index in [4.69, 9.17) is 9.15 Å². The summed E-state index contributed by atoms with van der Waals surface area (Å²) < 4.78 is 14.2. The Morgan fingerprint density at radius 2 is 1.97 bits per heavy atom. The molecule has 2 N–H and O–H groups in total. The van der Waals surface area contributed by atoms with Gasteiger partial charge in [-0.05, 0) is 30.4 Å². The molecule has 14 nitrogen and oxygen atoms in total. The fourth-order valence-corrected chi connectivity index (χ4v) is 3.49. The molecule has 0 aliphatic carbocycles. The minimum absolute atomic E-state index is 0.0590. The highest BCUT2D eigenvalue weighted by atomic mass is 16.6. The molecule has 0 saturated heterocycles. The molecule has 4 aromatic rings. The third-order valence-electron chi connectivity index (χ3n) is 5.31. The monoisotopic (exact) mass is 509 g/mol. The molecule has 0 bridgehead atoms. The molecule has 3 aromatic heterocycles. The number of nitrogens with zero attached hydrogens (tertiary/aromatic N) is 6. The van der Waals surface area contributed by atoms with Crippen molar-refractivity contribution < 1.29 is 19.2 Å². The molecule has 1 unspecified atom stereocenters. The average Bonchev–Trinajstić information content (AvgIpc) is 3.51. The molecule has 4 rings (SSSR count). The SMILES string of the molecule is Cn1c(=O)c2c(nc(N/N=C/C=C/c3ccc([N+](=O)[O-])o3)n2CC(O)COc2ccccc2)n(C)c1=O. The van der Waals surface area contributed by atoms with Gasteiger partial charge < -0.3 is 18.8 Å². The molecule has 37 heavy (non-hydrogen) atoms. The number of nitro groups is 1. The number of hydrogen-bond donors (Lipinski definition) is 2. The Morgan fingerprint density at radius 3 is 2.68 bits per heavy atom. The zero-order chi connectivity index (χ0) is 26.5. The largest absolute Gasteiger partial charge is 0.491 e. The highest BCUT2D eigenvalue weighted by Gasteiger charge is 2.21. The summed E-state index contributed by atoms with van der Waals surface area (Å²) in [5, 5.41) is 25.4. The molecule has 192 valence electrons. The summed E-state index contributed by atoms with van der Waals surface area (Å²) in [7, 11) is 2.83. The van der Waals surface area contributed by atoms with Crippen molar-refractivity contribution in [1.29, 1.82) is 0 Å². The molecule has 0 spiro atoms. The number of hydrogen-bond acceptors (Lipinski definition) is 10. The van der Waals surface area contributed by atoms with Gasteiger partial charge in [-0.15, -0.1) is 0 Å². The van der Waals surface area contributed by atoms with Gasteiger partial charge in [-0.25, -0.2) is 10.2 Å². The van der Waals surface area contributed by atoms with E-state index >= 15 is 0 Å². The number of aromatic nitrogens is 4. The van der Waals surface area contributed by atoms with Gasteiger partial charge in [0, 0.05) is 20.3 Å². The number of anilines is 1. The summed E-state index contributed by atoms with van der Waals surface area (Å²) in [6.45, 7) is -0.142. The maximum atomic E-state index is 12.9. The maximum Gasteiger partial charge on any atom is 0.433 e. The molecule has 0 fully saturated rings. The van der Waals surface area contributed by atoms with Crippen LogP contribution < -0.4 is 21.4 Å². The highest BCUT2D eigenvalue weighted by Crippen LogP contribution is 2.18. The fraction of sp³-hybridized carbons (Fsp3) is 0.217. The lowest BCUT2D eigenvalue weighted by Gasteiger charge is -2.15. The molecular formula is C23H23N7O7. The van der Waals surface area contributed by atoms with Gasteiger partial charge in [-0.3, -0.25) is 24.0 Å². The highest BCUT2D eigenvalue weighted by molar-refractivity contribution is 5.79. The van der Waals surface area contributed by atoms with Crippen LogP contribution in [-0.2, 0) is 20.6 Å². The number of rotatable bonds is 10. The first kappa shape index (κ1) is 25.1. The summed E-state index contributed by atoms with van der Waals surface area (Å²) >= 11 is 0. The molecule has 1 atom stereocenters. The van der Waals surface area contributed by atoms with Crippen LogP contribution in [0.15, 0.2) is 67.6 Å². The average molecular weight is 509 g/mol. The number of ether oxygens (including phenoxy) is 1. The summed E-state index contributed by atoms with van der Waals surface area (Å²) in [5.74, 6) is 0.549. The van der Waals surface area contributed by atoms with Crippen molar-refractivity contribution in [2.24, 2.45) is 19.2 Å². The van der Waals surface area contributed by atoms with Crippen molar-refractivity contribution in [3.63, 3.8) is 0 Å². The van der Waals surface area contributed by atoms with Gasteiger partial charge in [0.25, 0.3) is 5.56 Å². The maximum absolute atomic E-state index is 12.9. The topological polar surface area (TPSA) is 172 Å². The van der Waals surface area contributed by atoms with Crippen LogP contribution in [0.1, 0.15) is 5.76 Å². The standard InChI is InChI=1S/C23H23N7O7/c1-27-20-19(21(32)28(2)23(27)33)29(13-15(31)14-36-16-7-4-3-5-8-16)22(25-20)26-24-12-6-9-17-10-11-18(37-17)30(34)35/h3-12,15,31H,13-14H2,1-2H3,(H,25,26)/b9-6+,24-12+. The van der Waals surface area contributed by atoms with E-state index in [-0.39, 0.29) is 41.9 Å². The van der Waals surface area contributed by atoms with E-state index in [2.05, 4.69) is 15.5 Å². The van der Waals surface area contributed by atoms with Crippen molar-refractivity contribution >= 4 is 35.3 Å². The summed E-state index contributed by atoms with van der Waals surface area (Å²) in [4.78, 5) is 39.7. The number of nitrogens with one attached hydrogen (secondary N) is 1. The van der Waals surface area contributed by atoms with Crippen LogP contribution in [-0.4, -0.2) is 47.6 Å². The first-order chi connectivity index (χ1) is 17.8. The molecule has 0 amide bonds. The first-order valence-corrected chi connectivity index (χ1v) is 11.0. The minimum atomic E-state index is -1.03. The van der Waals surface area contributed by atoms with Crippen LogP contribution in [0.4, 0.5) is 11.8 Å². The van der Waals surface area contributed by atoms with E-state index in [1.54, 1.807) is 24.3 Å². The Morgan fingerprint density at radius 1 is 1.22 bits per heavy atom. The predicted molar refractivity (Wildman–Crippen MR) is 135 cm³/mol. The summed E-state index contributed by atoms with van der Waals surface area (Å²) in [5.41, 5.74) is 1.77. The second-order valence-electron chi connectivity index (χ2n) is 7.88. The number of para-hydroxylation sites is 1. The van der Waals surface area contributed by atoms with Crippen LogP contribution in [0, 0.1) is 10.1 Å². The van der Waals surface area contributed by atoms with Gasteiger partial charge in [0.05, 0.1) is 12.6 Å². The molecular weight excluding hydrogens is 486 g/mol. The zero-order valence-corrected chi connectivity index (χ0v) is 19.8. The summed E-state index contributed by atoms with van der Waals surface area (Å²) in [6.07, 6.45) is 3.24. The van der Waals surface area contributed by atoms with Crippen molar-refractivity contribution in [1.82, 2.24) is 18.7 Å². The quantitative estimate of drug-likeness (QED) is 0.182. The number of furan rings is 1. The van der Waals surface area contributed by atoms with Gasteiger partial charge in [0.1, 0.15) is 29.1 Å². The van der Waals surface area contributed by atoms with Gasteiger partial charge >= 0.3 is 11.6 Å². The predicted octanol–water partition coefficient (Wildman–Crippen LogP) is 1.49. The number of imidazole rings is 1. The van der Waals surface area contributed by atoms with Crippen molar-refractivity contribution in [2.75, 3.05) is 12.0 Å². The second-order valence-corrected chi connectivity index (χ2v) is 7.88. The van der Waals surface area contributed by atoms with Gasteiger partial charge in [-0.1, -0.05) is 18.2 Å². The number of aliphatic hydroxyl groups excluding tert-OH is 1. The molecule has 1 aromatic carbocycles. The lowest BCUT2D eigenvalue weighted by molar-refractivity contribution is -0.402. The van der Waals surface area contributed by atoms with E-state index in [0.717, 1.165) is 4.57 Å². The van der Waals surface area contributed by atoms with Gasteiger partial charge in [-0.2, -0.15) is 10.1 Å². The molecule has 0 radical (unpaired) electrons. The lowest BCUT2D eigenvalue weighted by Crippen LogP contribution is -2.38. The Kier molecular flexibility index (Phi) is 7.29. The Balaban J connectivity index is 1.58. The normalized spacial score (nSPS) is 12.5. The van der Waals surface area contributed by atoms with Crippen LogP contribution in [0.25, 0.3) is 17.2 Å². The van der Waals surface area contributed by atoms with Crippen LogP contribution >= 0.6 is 0 Å². The van der Waals surface area contributed by atoms with E-state index in [1.165, 1.54) is 53.7 Å². The third kappa shape index (κ3) is 5.48. The zero-order valence-electron chi connectivity index (χ0n) is 19.8. The smallest absolute Gasteiger partial charge is 0.433 e. The van der Waals surface area contributed by atoms with Crippen LogP contribution in [0.3, 0.4) is 0 Å². The Bertz CT molecular complexity index is 1600. The Hall–Kier alpha value is -4.98. The van der Waals surface area contributed by atoms with E-state index < -0.39 is 22.3 Å². The number of aliphatic hydroxyl groups is 1. The number of benzene rings is 1.